The normalized spacial score (nSPS) is 13.6. The summed E-state index contributed by atoms with van der Waals surface area (Å²) in [5.41, 5.74) is 0.906. The van der Waals surface area contributed by atoms with Gasteiger partial charge in [-0.05, 0) is 20.3 Å². The van der Waals surface area contributed by atoms with Crippen LogP contribution in [-0.4, -0.2) is 28.1 Å². The molecule has 7 heteroatoms. The lowest BCUT2D eigenvalue weighted by Gasteiger charge is -2.16. The van der Waals surface area contributed by atoms with Gasteiger partial charge in [0.1, 0.15) is 11.0 Å². The van der Waals surface area contributed by atoms with Crippen molar-refractivity contribution in [2.24, 2.45) is 0 Å². The second kappa shape index (κ2) is 7.08. The molecule has 19 heavy (non-hydrogen) atoms. The van der Waals surface area contributed by atoms with Crippen molar-refractivity contribution in [3.8, 4) is 0 Å². The minimum absolute atomic E-state index is 0.241. The summed E-state index contributed by atoms with van der Waals surface area (Å²) < 4.78 is 0. The lowest BCUT2D eigenvalue weighted by atomic mass is 10.2. The third-order valence-corrected chi connectivity index (χ3v) is 3.68. The van der Waals surface area contributed by atoms with Crippen LogP contribution < -0.4 is 10.6 Å². The molecule has 1 aromatic heterocycles. The average Bonchev–Trinajstić information content (AvgIpc) is 2.75. The second-order valence-corrected chi connectivity index (χ2v) is 5.24. The van der Waals surface area contributed by atoms with Crippen LogP contribution in [0, 0.1) is 6.92 Å². The number of nitrogens with zero attached hydrogens (tertiary/aromatic N) is 1. The molecule has 0 aliphatic carbocycles. The predicted octanol–water partition coefficient (Wildman–Crippen LogP) is 2.07. The van der Waals surface area contributed by atoms with E-state index in [2.05, 4.69) is 15.6 Å². The summed E-state index contributed by atoms with van der Waals surface area (Å²) in [7, 11) is 0. The second-order valence-electron chi connectivity index (χ2n) is 4.35. The number of aliphatic carboxylic acids is 1. The fourth-order valence-electron chi connectivity index (χ4n) is 1.58. The summed E-state index contributed by atoms with van der Waals surface area (Å²) in [6, 6.07) is -1.58. The zero-order valence-corrected chi connectivity index (χ0v) is 12.1. The van der Waals surface area contributed by atoms with Crippen molar-refractivity contribution in [3.63, 3.8) is 0 Å². The monoisotopic (exact) mass is 285 g/mol. The van der Waals surface area contributed by atoms with Crippen LogP contribution in [0.3, 0.4) is 0 Å². The first-order chi connectivity index (χ1) is 8.93. The van der Waals surface area contributed by atoms with E-state index in [1.807, 2.05) is 26.2 Å². The Morgan fingerprint density at radius 2 is 2.16 bits per heavy atom. The molecule has 1 rings (SSSR count). The lowest BCUT2D eigenvalue weighted by Crippen LogP contribution is -2.46. The molecule has 106 valence electrons. The number of carbonyl (C=O) groups is 2. The van der Waals surface area contributed by atoms with Crippen molar-refractivity contribution in [1.29, 1.82) is 0 Å². The van der Waals surface area contributed by atoms with Crippen LogP contribution in [0.1, 0.15) is 43.4 Å². The van der Waals surface area contributed by atoms with Gasteiger partial charge in [0, 0.05) is 11.1 Å². The summed E-state index contributed by atoms with van der Waals surface area (Å²) in [5.74, 6) is -1.02. The number of thiazole rings is 1. The number of aryl methyl sites for hydroxylation is 1. The largest absolute Gasteiger partial charge is 0.480 e. The van der Waals surface area contributed by atoms with E-state index in [-0.39, 0.29) is 6.04 Å². The quantitative estimate of drug-likeness (QED) is 0.746. The lowest BCUT2D eigenvalue weighted by molar-refractivity contribution is -0.139. The Morgan fingerprint density at radius 1 is 1.47 bits per heavy atom. The molecule has 3 N–H and O–H groups in total. The number of carbonyl (C=O) groups excluding carboxylic acids is 1. The highest BCUT2D eigenvalue weighted by molar-refractivity contribution is 7.09. The van der Waals surface area contributed by atoms with Crippen molar-refractivity contribution >= 4 is 23.3 Å². The maximum absolute atomic E-state index is 11.7. The molecule has 0 saturated carbocycles. The summed E-state index contributed by atoms with van der Waals surface area (Å²) in [6.45, 7) is 5.57. The Balaban J connectivity index is 2.52. The Morgan fingerprint density at radius 3 is 2.63 bits per heavy atom. The minimum atomic E-state index is -1.02. The fraction of sp³-hybridized carbons (Fsp3) is 0.583. The van der Waals surface area contributed by atoms with E-state index in [1.54, 1.807) is 0 Å². The van der Waals surface area contributed by atoms with Crippen LogP contribution >= 0.6 is 11.3 Å². The maximum atomic E-state index is 11.7. The Bertz CT molecular complexity index is 447. The van der Waals surface area contributed by atoms with Crippen molar-refractivity contribution < 1.29 is 14.7 Å². The topological polar surface area (TPSA) is 91.3 Å². The average molecular weight is 285 g/mol. The number of amides is 2. The fourth-order valence-corrected chi connectivity index (χ4v) is 2.38. The van der Waals surface area contributed by atoms with Crippen LogP contribution in [0.2, 0.25) is 0 Å². The van der Waals surface area contributed by atoms with Crippen molar-refractivity contribution in [3.05, 3.63) is 16.1 Å². The van der Waals surface area contributed by atoms with Gasteiger partial charge in [-0.15, -0.1) is 11.3 Å². The van der Waals surface area contributed by atoms with Crippen molar-refractivity contribution in [2.75, 3.05) is 0 Å². The number of aromatic nitrogens is 1. The van der Waals surface area contributed by atoms with Gasteiger partial charge in [0.05, 0.1) is 6.04 Å². The van der Waals surface area contributed by atoms with Gasteiger partial charge in [-0.25, -0.2) is 14.6 Å². The summed E-state index contributed by atoms with van der Waals surface area (Å²) in [6.07, 6.45) is 1.10. The first-order valence-corrected chi connectivity index (χ1v) is 7.03. The van der Waals surface area contributed by atoms with Gasteiger partial charge in [0.25, 0.3) is 0 Å². The molecule has 0 aliphatic rings. The first-order valence-electron chi connectivity index (χ1n) is 6.15. The Hall–Kier alpha value is -1.63. The third kappa shape index (κ3) is 4.86. The van der Waals surface area contributed by atoms with E-state index in [4.69, 9.17) is 5.11 Å². The van der Waals surface area contributed by atoms with Crippen molar-refractivity contribution in [2.45, 2.75) is 45.7 Å². The molecule has 0 fully saturated rings. The molecular formula is C12H19N3O3S. The summed E-state index contributed by atoms with van der Waals surface area (Å²) in [4.78, 5) is 26.9. The first kappa shape index (κ1) is 15.4. The smallest absolute Gasteiger partial charge is 0.326 e. The molecule has 2 atom stereocenters. The number of hydrogen-bond acceptors (Lipinski definition) is 4. The number of nitrogens with one attached hydrogen (secondary N) is 2. The third-order valence-electron chi connectivity index (χ3n) is 2.54. The SMILES string of the molecule is CCC[C@H](NC(=O)NC(C)c1nc(C)cs1)C(=O)O. The summed E-state index contributed by atoms with van der Waals surface area (Å²) in [5, 5.41) is 16.8. The number of urea groups is 1. The predicted molar refractivity (Wildman–Crippen MR) is 73.3 cm³/mol. The molecule has 2 amide bonds. The highest BCUT2D eigenvalue weighted by Crippen LogP contribution is 2.17. The van der Waals surface area contributed by atoms with Crippen LogP contribution in [0.25, 0.3) is 0 Å². The summed E-state index contributed by atoms with van der Waals surface area (Å²) >= 11 is 1.47. The number of hydrogen-bond donors (Lipinski definition) is 3. The van der Waals surface area contributed by atoms with E-state index in [0.717, 1.165) is 10.7 Å². The number of carboxylic acids is 1. The van der Waals surface area contributed by atoms with Gasteiger partial charge in [0.15, 0.2) is 0 Å². The van der Waals surface area contributed by atoms with Crippen LogP contribution in [0.4, 0.5) is 4.79 Å². The van der Waals surface area contributed by atoms with Crippen LogP contribution in [-0.2, 0) is 4.79 Å². The molecular weight excluding hydrogens is 266 g/mol. The standard InChI is InChI=1S/C12H19N3O3S/c1-4-5-9(11(16)17)15-12(18)14-8(3)10-13-7(2)6-19-10/h6,8-9H,4-5H2,1-3H3,(H,16,17)(H2,14,15,18)/t8?,9-/m0/s1. The van der Waals surface area contributed by atoms with Gasteiger partial charge in [-0.2, -0.15) is 0 Å². The van der Waals surface area contributed by atoms with Gasteiger partial charge < -0.3 is 15.7 Å². The molecule has 1 unspecified atom stereocenters. The maximum Gasteiger partial charge on any atom is 0.326 e. The van der Waals surface area contributed by atoms with E-state index >= 15 is 0 Å². The van der Waals surface area contributed by atoms with Crippen LogP contribution in [0.15, 0.2) is 5.38 Å². The molecule has 0 aliphatic heterocycles. The van der Waals surface area contributed by atoms with E-state index in [0.29, 0.717) is 12.8 Å². The highest BCUT2D eigenvalue weighted by Gasteiger charge is 2.20. The van der Waals surface area contributed by atoms with Gasteiger partial charge in [0.2, 0.25) is 0 Å². The van der Waals surface area contributed by atoms with Gasteiger partial charge in [-0.1, -0.05) is 13.3 Å². The molecule has 1 aromatic rings. The molecule has 0 spiro atoms. The van der Waals surface area contributed by atoms with Crippen LogP contribution in [0.5, 0.6) is 0 Å². The van der Waals surface area contributed by atoms with E-state index < -0.39 is 18.0 Å². The van der Waals surface area contributed by atoms with Crippen molar-refractivity contribution in [1.82, 2.24) is 15.6 Å². The van der Waals surface area contributed by atoms with Gasteiger partial charge in [-0.3, -0.25) is 0 Å². The Labute approximate surface area is 116 Å². The van der Waals surface area contributed by atoms with E-state index in [9.17, 15) is 9.59 Å². The molecule has 0 saturated heterocycles. The molecule has 0 aromatic carbocycles. The van der Waals surface area contributed by atoms with Gasteiger partial charge >= 0.3 is 12.0 Å². The molecule has 1 heterocycles. The van der Waals surface area contributed by atoms with E-state index in [1.165, 1.54) is 11.3 Å². The Kier molecular flexibility index (Phi) is 5.75. The molecule has 0 bridgehead atoms. The zero-order chi connectivity index (χ0) is 14.4. The molecule has 6 nitrogen and oxygen atoms in total. The number of rotatable bonds is 6. The number of carboxylic acid groups (broad SMARTS) is 1. The zero-order valence-electron chi connectivity index (χ0n) is 11.3. The minimum Gasteiger partial charge on any atom is -0.480 e. The molecule has 0 radical (unpaired) electrons. The highest BCUT2D eigenvalue weighted by atomic mass is 32.1.